The van der Waals surface area contributed by atoms with Crippen LogP contribution in [-0.4, -0.2) is 25.2 Å². The molecule has 4 rings (SSSR count). The second-order valence-electron chi connectivity index (χ2n) is 8.41. The molecule has 0 radical (unpaired) electrons. The molecule has 37 heavy (non-hydrogen) atoms. The number of nitrogens with zero attached hydrogens (tertiary/aromatic N) is 1. The normalized spacial score (nSPS) is 10.5. The highest BCUT2D eigenvalue weighted by Gasteiger charge is 2.16. The van der Waals surface area contributed by atoms with Crippen LogP contribution in [0.15, 0.2) is 119 Å². The molecule has 0 aromatic heterocycles. The molecule has 0 unspecified atom stereocenters. The van der Waals surface area contributed by atoms with Crippen LogP contribution in [0.5, 0.6) is 0 Å². The van der Waals surface area contributed by atoms with E-state index in [0.29, 0.717) is 13.2 Å². The molecule has 0 aliphatic rings. The number of nitrogens with one attached hydrogen (secondary N) is 1. The van der Waals surface area contributed by atoms with Crippen molar-refractivity contribution in [2.75, 3.05) is 23.4 Å². The molecule has 188 valence electrons. The Morgan fingerprint density at radius 3 is 1.97 bits per heavy atom. The van der Waals surface area contributed by atoms with Gasteiger partial charge in [-0.1, -0.05) is 72.4 Å². The van der Waals surface area contributed by atoms with Crippen molar-refractivity contribution in [3.8, 4) is 0 Å². The van der Waals surface area contributed by atoms with Crippen molar-refractivity contribution in [3.05, 3.63) is 120 Å². The summed E-state index contributed by atoms with van der Waals surface area (Å²) in [5.41, 5.74) is 3.70. The van der Waals surface area contributed by atoms with E-state index in [4.69, 9.17) is 4.74 Å². The van der Waals surface area contributed by atoms with Gasteiger partial charge in [0.25, 0.3) is 0 Å². The van der Waals surface area contributed by atoms with E-state index in [1.165, 1.54) is 5.56 Å². The minimum absolute atomic E-state index is 0.167. The van der Waals surface area contributed by atoms with Crippen LogP contribution < -0.4 is 10.2 Å². The molecule has 0 aliphatic carbocycles. The molecule has 5 nitrogen and oxygen atoms in total. The van der Waals surface area contributed by atoms with E-state index in [9.17, 15) is 9.59 Å². The molecule has 0 spiro atoms. The first-order valence-corrected chi connectivity index (χ1v) is 13.1. The number of hydrogen-bond acceptors (Lipinski definition) is 4. The Labute approximate surface area is 222 Å². The zero-order chi connectivity index (χ0) is 25.9. The lowest BCUT2D eigenvalue weighted by atomic mass is 10.1. The highest BCUT2D eigenvalue weighted by Crippen LogP contribution is 2.30. The van der Waals surface area contributed by atoms with Gasteiger partial charge < -0.3 is 10.1 Å². The molecule has 0 aliphatic heterocycles. The van der Waals surface area contributed by atoms with Crippen LogP contribution in [0.4, 0.5) is 16.2 Å². The second kappa shape index (κ2) is 13.3. The number of urea groups is 1. The molecule has 0 fully saturated rings. The first-order chi connectivity index (χ1) is 18.1. The van der Waals surface area contributed by atoms with Gasteiger partial charge in [0.15, 0.2) is 0 Å². The highest BCUT2D eigenvalue weighted by molar-refractivity contribution is 7.99. The van der Waals surface area contributed by atoms with E-state index in [1.54, 1.807) is 23.6 Å². The predicted octanol–water partition coefficient (Wildman–Crippen LogP) is 7.22. The fourth-order valence-corrected chi connectivity index (χ4v) is 4.65. The Hall–Kier alpha value is -4.03. The molecular weight excluding hydrogens is 480 g/mol. The van der Waals surface area contributed by atoms with Gasteiger partial charge in [-0.3, -0.25) is 9.69 Å². The van der Waals surface area contributed by atoms with E-state index < -0.39 is 0 Å². The van der Waals surface area contributed by atoms with Gasteiger partial charge in [0.05, 0.1) is 13.0 Å². The number of benzene rings is 4. The zero-order valence-electron chi connectivity index (χ0n) is 20.8. The van der Waals surface area contributed by atoms with Crippen LogP contribution in [0.3, 0.4) is 0 Å². The van der Waals surface area contributed by atoms with E-state index >= 15 is 0 Å². The minimum Gasteiger partial charge on any atom is -0.466 e. The minimum atomic E-state index is -0.216. The van der Waals surface area contributed by atoms with E-state index in [2.05, 4.69) is 17.4 Å². The van der Waals surface area contributed by atoms with Crippen LogP contribution in [0.1, 0.15) is 18.1 Å². The molecule has 4 aromatic carbocycles. The van der Waals surface area contributed by atoms with Gasteiger partial charge >= 0.3 is 12.0 Å². The predicted molar refractivity (Wildman–Crippen MR) is 150 cm³/mol. The number of amides is 2. The molecule has 1 N–H and O–H groups in total. The monoisotopic (exact) mass is 510 g/mol. The van der Waals surface area contributed by atoms with E-state index in [0.717, 1.165) is 33.2 Å². The van der Waals surface area contributed by atoms with Gasteiger partial charge in [-0.25, -0.2) is 4.79 Å². The quantitative estimate of drug-likeness (QED) is 0.229. The number of rotatable bonds is 10. The van der Waals surface area contributed by atoms with Crippen LogP contribution in [0.25, 0.3) is 0 Å². The number of carbonyl (C=O) groups excluding carboxylic acids is 2. The summed E-state index contributed by atoms with van der Waals surface area (Å²) in [5, 5.41) is 3.01. The third-order valence-electron chi connectivity index (χ3n) is 5.70. The smallest absolute Gasteiger partial charge is 0.326 e. The Bertz CT molecular complexity index is 1280. The van der Waals surface area contributed by atoms with Crippen molar-refractivity contribution in [2.45, 2.75) is 29.6 Å². The summed E-state index contributed by atoms with van der Waals surface area (Å²) in [6, 6.07) is 35.4. The van der Waals surface area contributed by atoms with Gasteiger partial charge in [-0.2, -0.15) is 0 Å². The van der Waals surface area contributed by atoms with Crippen LogP contribution in [-0.2, 0) is 22.4 Å². The maximum absolute atomic E-state index is 13.2. The number of carbonyl (C=O) groups is 2. The lowest BCUT2D eigenvalue weighted by Gasteiger charge is -2.24. The molecular formula is C31H30N2O3S. The number of hydrogen-bond donors (Lipinski definition) is 1. The van der Waals surface area contributed by atoms with E-state index in [1.807, 2.05) is 97.1 Å². The Morgan fingerprint density at radius 1 is 0.757 bits per heavy atom. The second-order valence-corrected chi connectivity index (χ2v) is 9.55. The zero-order valence-corrected chi connectivity index (χ0v) is 21.6. The largest absolute Gasteiger partial charge is 0.466 e. The Kier molecular flexibility index (Phi) is 9.38. The van der Waals surface area contributed by atoms with Gasteiger partial charge in [0.1, 0.15) is 0 Å². The summed E-state index contributed by atoms with van der Waals surface area (Å²) in [7, 11) is 0. The standard InChI is InChI=1S/C31H30N2O3S/c1-2-36-30(34)23-25-13-17-28(18-14-25)37-29-19-15-27(16-20-29)33(22-21-24-9-5-3-6-10-24)31(35)32-26-11-7-4-8-12-26/h3-20H,2,21-23H2,1H3,(H,32,35). The van der Waals surface area contributed by atoms with Gasteiger partial charge in [0.2, 0.25) is 0 Å². The van der Waals surface area contributed by atoms with Crippen LogP contribution >= 0.6 is 11.8 Å². The van der Waals surface area contributed by atoms with Crippen molar-refractivity contribution in [2.24, 2.45) is 0 Å². The SMILES string of the molecule is CCOC(=O)Cc1ccc(Sc2ccc(N(CCc3ccccc3)C(=O)Nc3ccccc3)cc2)cc1. The lowest BCUT2D eigenvalue weighted by Crippen LogP contribution is -2.36. The van der Waals surface area contributed by atoms with Gasteiger partial charge in [-0.05, 0) is 73.0 Å². The van der Waals surface area contributed by atoms with Crippen molar-refractivity contribution < 1.29 is 14.3 Å². The summed E-state index contributed by atoms with van der Waals surface area (Å²) in [6.07, 6.45) is 1.02. The molecule has 0 bridgehead atoms. The third-order valence-corrected chi connectivity index (χ3v) is 6.71. The first-order valence-electron chi connectivity index (χ1n) is 12.3. The summed E-state index contributed by atoms with van der Waals surface area (Å²) in [6.45, 7) is 2.75. The Morgan fingerprint density at radius 2 is 1.35 bits per heavy atom. The average molecular weight is 511 g/mol. The summed E-state index contributed by atoms with van der Waals surface area (Å²) in [5.74, 6) is -0.216. The summed E-state index contributed by atoms with van der Waals surface area (Å²) >= 11 is 1.63. The average Bonchev–Trinajstić information content (AvgIpc) is 2.92. The van der Waals surface area contributed by atoms with Crippen molar-refractivity contribution in [1.29, 1.82) is 0 Å². The van der Waals surface area contributed by atoms with Gasteiger partial charge in [0, 0.05) is 27.7 Å². The lowest BCUT2D eigenvalue weighted by molar-refractivity contribution is -0.142. The van der Waals surface area contributed by atoms with Crippen molar-refractivity contribution >= 4 is 35.1 Å². The molecule has 2 amide bonds. The maximum Gasteiger partial charge on any atom is 0.326 e. The molecule has 0 saturated carbocycles. The number of para-hydroxylation sites is 1. The maximum atomic E-state index is 13.2. The summed E-state index contributed by atoms with van der Waals surface area (Å²) in [4.78, 5) is 28.8. The molecule has 6 heteroatoms. The highest BCUT2D eigenvalue weighted by atomic mass is 32.2. The topological polar surface area (TPSA) is 58.6 Å². The Balaban J connectivity index is 1.44. The number of anilines is 2. The molecule has 0 saturated heterocycles. The van der Waals surface area contributed by atoms with Crippen molar-refractivity contribution in [1.82, 2.24) is 0 Å². The van der Waals surface area contributed by atoms with Gasteiger partial charge in [-0.15, -0.1) is 0 Å². The van der Waals surface area contributed by atoms with E-state index in [-0.39, 0.29) is 18.4 Å². The summed E-state index contributed by atoms with van der Waals surface area (Å²) < 4.78 is 5.02. The third kappa shape index (κ3) is 7.98. The molecule has 0 heterocycles. The van der Waals surface area contributed by atoms with Crippen LogP contribution in [0, 0.1) is 0 Å². The first kappa shape index (κ1) is 26.0. The van der Waals surface area contributed by atoms with Crippen LogP contribution in [0.2, 0.25) is 0 Å². The van der Waals surface area contributed by atoms with Crippen molar-refractivity contribution in [3.63, 3.8) is 0 Å². The molecule has 0 atom stereocenters. The fourth-order valence-electron chi connectivity index (χ4n) is 3.83. The fraction of sp³-hybridized carbons (Fsp3) is 0.161. The number of esters is 1. The number of ether oxygens (including phenoxy) is 1. The molecule has 4 aromatic rings.